The average molecular weight is 443 g/mol. The molecule has 4 rings (SSSR count). The van der Waals surface area contributed by atoms with Crippen molar-refractivity contribution in [3.05, 3.63) is 64.0 Å². The number of nitrogens with zero attached hydrogens (tertiary/aromatic N) is 2. The van der Waals surface area contributed by atoms with Gasteiger partial charge in [0.05, 0.1) is 0 Å². The second kappa shape index (κ2) is 7.40. The fourth-order valence-electron chi connectivity index (χ4n) is 3.59. The van der Waals surface area contributed by atoms with E-state index in [9.17, 15) is 0 Å². The normalized spacial score (nSPS) is 16.4. The third kappa shape index (κ3) is 3.71. The third-order valence-corrected chi connectivity index (χ3v) is 5.90. The van der Waals surface area contributed by atoms with E-state index in [1.54, 1.807) is 0 Å². The van der Waals surface area contributed by atoms with Crippen molar-refractivity contribution in [2.45, 2.75) is 25.4 Å². The zero-order valence-electron chi connectivity index (χ0n) is 14.2. The number of pyridine rings is 1. The number of benzene rings is 2. The zero-order valence-corrected chi connectivity index (χ0v) is 16.3. The molecule has 1 aliphatic rings. The number of hydrogen-bond acceptors (Lipinski definition) is 3. The summed E-state index contributed by atoms with van der Waals surface area (Å²) in [5, 5.41) is 2.52. The molecular formula is C21H22IN3. The van der Waals surface area contributed by atoms with Gasteiger partial charge in [0.15, 0.2) is 0 Å². The van der Waals surface area contributed by atoms with Crippen LogP contribution in [-0.2, 0) is 6.54 Å². The van der Waals surface area contributed by atoms with Crippen molar-refractivity contribution in [2.24, 2.45) is 5.73 Å². The maximum atomic E-state index is 6.04. The van der Waals surface area contributed by atoms with E-state index in [1.807, 2.05) is 12.4 Å². The SMILES string of the molecule is NC1CCN(Cc2cc(I)c3cncc(-c4ccccc4)c3c2)CC1. The number of rotatable bonds is 3. The molecule has 2 N–H and O–H groups in total. The van der Waals surface area contributed by atoms with Gasteiger partial charge in [0.1, 0.15) is 0 Å². The Balaban J connectivity index is 1.72. The van der Waals surface area contributed by atoms with Gasteiger partial charge in [-0.3, -0.25) is 9.88 Å². The monoisotopic (exact) mass is 443 g/mol. The Hall–Kier alpha value is -1.50. The molecule has 0 saturated carbocycles. The van der Waals surface area contributed by atoms with E-state index in [0.717, 1.165) is 32.5 Å². The molecule has 0 radical (unpaired) electrons. The second-order valence-corrected chi connectivity index (χ2v) is 8.00. The molecule has 25 heavy (non-hydrogen) atoms. The van der Waals surface area contributed by atoms with Gasteiger partial charge in [0, 0.05) is 39.5 Å². The van der Waals surface area contributed by atoms with Gasteiger partial charge < -0.3 is 5.73 Å². The molecule has 1 aromatic heterocycles. The highest BCUT2D eigenvalue weighted by Gasteiger charge is 2.17. The minimum absolute atomic E-state index is 0.378. The third-order valence-electron chi connectivity index (χ3n) is 5.01. The molecule has 1 fully saturated rings. The Labute approximate surface area is 162 Å². The van der Waals surface area contributed by atoms with Crippen LogP contribution in [0.1, 0.15) is 18.4 Å². The Morgan fingerprint density at radius 2 is 1.80 bits per heavy atom. The molecule has 0 spiro atoms. The number of nitrogens with two attached hydrogens (primary N) is 1. The Kier molecular flexibility index (Phi) is 5.01. The lowest BCUT2D eigenvalue weighted by Gasteiger charge is -2.30. The van der Waals surface area contributed by atoms with Gasteiger partial charge >= 0.3 is 0 Å². The summed E-state index contributed by atoms with van der Waals surface area (Å²) in [4.78, 5) is 6.99. The highest BCUT2D eigenvalue weighted by Crippen LogP contribution is 2.31. The molecule has 0 bridgehead atoms. The molecule has 2 heterocycles. The van der Waals surface area contributed by atoms with Gasteiger partial charge in [-0.05, 0) is 77.2 Å². The van der Waals surface area contributed by atoms with Gasteiger partial charge in [0.25, 0.3) is 0 Å². The van der Waals surface area contributed by atoms with Crippen LogP contribution in [0.25, 0.3) is 21.9 Å². The van der Waals surface area contributed by atoms with Crippen LogP contribution in [0.15, 0.2) is 54.9 Å². The van der Waals surface area contributed by atoms with E-state index < -0.39 is 0 Å². The quantitative estimate of drug-likeness (QED) is 0.610. The van der Waals surface area contributed by atoms with Crippen molar-refractivity contribution in [2.75, 3.05) is 13.1 Å². The summed E-state index contributed by atoms with van der Waals surface area (Å²) in [5.74, 6) is 0. The summed E-state index contributed by atoms with van der Waals surface area (Å²) in [5.41, 5.74) is 9.84. The standard InChI is InChI=1S/C21H22IN3/c22-21-11-15(14-25-8-6-17(23)7-9-25)10-18-19(12-24-13-20(18)21)16-4-2-1-3-5-16/h1-5,10-13,17H,6-9,14,23H2. The van der Waals surface area contributed by atoms with Gasteiger partial charge in [-0.2, -0.15) is 0 Å². The van der Waals surface area contributed by atoms with Crippen LogP contribution in [0.5, 0.6) is 0 Å². The van der Waals surface area contributed by atoms with E-state index >= 15 is 0 Å². The van der Waals surface area contributed by atoms with E-state index in [-0.39, 0.29) is 0 Å². The number of halogens is 1. The Morgan fingerprint density at radius 3 is 2.56 bits per heavy atom. The number of aromatic nitrogens is 1. The first-order valence-corrected chi connectivity index (χ1v) is 9.88. The molecule has 2 aromatic carbocycles. The summed E-state index contributed by atoms with van der Waals surface area (Å²) in [6, 6.07) is 15.6. The first-order valence-electron chi connectivity index (χ1n) is 8.80. The van der Waals surface area contributed by atoms with Crippen LogP contribution < -0.4 is 5.73 Å². The topological polar surface area (TPSA) is 42.1 Å². The molecular weight excluding hydrogens is 421 g/mol. The van der Waals surface area contributed by atoms with Crippen LogP contribution >= 0.6 is 22.6 Å². The lowest BCUT2D eigenvalue weighted by molar-refractivity contribution is 0.205. The molecule has 1 aliphatic heterocycles. The fourth-order valence-corrected chi connectivity index (χ4v) is 4.42. The molecule has 3 nitrogen and oxygen atoms in total. The Morgan fingerprint density at radius 1 is 1.04 bits per heavy atom. The van der Waals surface area contributed by atoms with Crippen LogP contribution in [0.3, 0.4) is 0 Å². The number of piperidine rings is 1. The summed E-state index contributed by atoms with van der Waals surface area (Å²) in [6.45, 7) is 3.19. The van der Waals surface area contributed by atoms with Crippen molar-refractivity contribution in [3.8, 4) is 11.1 Å². The largest absolute Gasteiger partial charge is 0.328 e. The molecule has 0 aliphatic carbocycles. The van der Waals surface area contributed by atoms with Crippen molar-refractivity contribution in [1.82, 2.24) is 9.88 Å². The second-order valence-electron chi connectivity index (χ2n) is 6.84. The maximum Gasteiger partial charge on any atom is 0.0357 e. The minimum Gasteiger partial charge on any atom is -0.328 e. The molecule has 4 heteroatoms. The van der Waals surface area contributed by atoms with Crippen molar-refractivity contribution >= 4 is 33.4 Å². The first-order chi connectivity index (χ1) is 12.2. The van der Waals surface area contributed by atoms with Crippen molar-refractivity contribution < 1.29 is 0 Å². The number of likely N-dealkylation sites (tertiary alicyclic amines) is 1. The van der Waals surface area contributed by atoms with Crippen LogP contribution in [0.2, 0.25) is 0 Å². The number of hydrogen-bond donors (Lipinski definition) is 1. The van der Waals surface area contributed by atoms with Crippen LogP contribution in [-0.4, -0.2) is 29.0 Å². The smallest absolute Gasteiger partial charge is 0.0357 e. The lowest BCUT2D eigenvalue weighted by atomic mass is 9.98. The molecule has 1 saturated heterocycles. The van der Waals surface area contributed by atoms with E-state index in [4.69, 9.17) is 5.73 Å². The highest BCUT2D eigenvalue weighted by atomic mass is 127. The van der Waals surface area contributed by atoms with Crippen LogP contribution in [0, 0.1) is 3.57 Å². The van der Waals surface area contributed by atoms with E-state index in [0.29, 0.717) is 6.04 Å². The average Bonchev–Trinajstić information content (AvgIpc) is 2.64. The summed E-state index contributed by atoms with van der Waals surface area (Å²) in [7, 11) is 0. The van der Waals surface area contributed by atoms with Crippen molar-refractivity contribution in [3.63, 3.8) is 0 Å². The highest BCUT2D eigenvalue weighted by molar-refractivity contribution is 14.1. The maximum absolute atomic E-state index is 6.04. The summed E-state index contributed by atoms with van der Waals surface area (Å²) in [6.07, 6.45) is 6.17. The molecule has 0 atom stereocenters. The van der Waals surface area contributed by atoms with Crippen LogP contribution in [0.4, 0.5) is 0 Å². The Bertz CT molecular complexity index is 871. The van der Waals surface area contributed by atoms with Gasteiger partial charge in [-0.1, -0.05) is 30.3 Å². The summed E-state index contributed by atoms with van der Waals surface area (Å²) < 4.78 is 1.27. The molecule has 0 amide bonds. The van der Waals surface area contributed by atoms with E-state index in [1.165, 1.54) is 31.0 Å². The van der Waals surface area contributed by atoms with Gasteiger partial charge in [-0.25, -0.2) is 0 Å². The molecule has 0 unspecified atom stereocenters. The summed E-state index contributed by atoms with van der Waals surface area (Å²) >= 11 is 2.44. The molecule has 128 valence electrons. The fraction of sp³-hybridized carbons (Fsp3) is 0.286. The zero-order chi connectivity index (χ0) is 17.2. The van der Waals surface area contributed by atoms with Crippen molar-refractivity contribution in [1.29, 1.82) is 0 Å². The predicted octanol–water partition coefficient (Wildman–Crippen LogP) is 4.43. The first kappa shape index (κ1) is 16.9. The van der Waals surface area contributed by atoms with E-state index in [2.05, 4.69) is 74.9 Å². The lowest BCUT2D eigenvalue weighted by Crippen LogP contribution is -2.39. The predicted molar refractivity (Wildman–Crippen MR) is 112 cm³/mol. The molecule has 3 aromatic rings. The van der Waals surface area contributed by atoms with Gasteiger partial charge in [-0.15, -0.1) is 0 Å². The minimum atomic E-state index is 0.378. The number of fused-ring (bicyclic) bond motifs is 1. The van der Waals surface area contributed by atoms with Gasteiger partial charge in [0.2, 0.25) is 0 Å².